The van der Waals surface area contributed by atoms with Crippen molar-refractivity contribution in [1.82, 2.24) is 20.0 Å². The highest BCUT2D eigenvalue weighted by Gasteiger charge is 2.29. The Labute approximate surface area is 140 Å². The molecule has 0 bridgehead atoms. The van der Waals surface area contributed by atoms with Crippen LogP contribution in [0, 0.1) is 5.82 Å². The minimum absolute atomic E-state index is 0.126. The predicted molar refractivity (Wildman–Crippen MR) is 85.4 cm³/mol. The van der Waals surface area contributed by atoms with Crippen LogP contribution in [0.3, 0.4) is 0 Å². The fraction of sp³-hybridized carbons (Fsp3) is 0.200. The van der Waals surface area contributed by atoms with Gasteiger partial charge in [0, 0.05) is 19.3 Å². The zero-order valence-corrected chi connectivity index (χ0v) is 13.3. The molecule has 3 rings (SSSR count). The Hall–Kier alpha value is -2.68. The Morgan fingerprint density at radius 1 is 1.33 bits per heavy atom. The van der Waals surface area contributed by atoms with Crippen LogP contribution in [-0.4, -0.2) is 50.6 Å². The summed E-state index contributed by atoms with van der Waals surface area (Å²) in [6.07, 6.45) is 1.55. The van der Waals surface area contributed by atoms with E-state index in [1.807, 2.05) is 0 Å². The first-order valence-electron chi connectivity index (χ1n) is 7.11. The van der Waals surface area contributed by atoms with E-state index in [1.165, 1.54) is 22.9 Å². The van der Waals surface area contributed by atoms with Gasteiger partial charge in [0.25, 0.3) is 11.1 Å². The van der Waals surface area contributed by atoms with Crippen LogP contribution in [0.5, 0.6) is 0 Å². The zero-order chi connectivity index (χ0) is 17.1. The SMILES string of the molecule is O=C(NCCN1C(=O)CSC1=O)c1ccn(-c2cccc(F)c2)n1. The summed E-state index contributed by atoms with van der Waals surface area (Å²) in [4.78, 5) is 36.0. The van der Waals surface area contributed by atoms with Crippen molar-refractivity contribution in [3.8, 4) is 5.69 Å². The number of nitrogens with one attached hydrogen (secondary N) is 1. The number of hydrogen-bond donors (Lipinski definition) is 1. The van der Waals surface area contributed by atoms with Crippen molar-refractivity contribution in [2.24, 2.45) is 0 Å². The molecule has 1 aliphatic rings. The van der Waals surface area contributed by atoms with Crippen LogP contribution >= 0.6 is 11.8 Å². The number of halogens is 1. The molecule has 1 aromatic carbocycles. The van der Waals surface area contributed by atoms with Gasteiger partial charge in [0.2, 0.25) is 5.91 Å². The minimum atomic E-state index is -0.433. The summed E-state index contributed by atoms with van der Waals surface area (Å²) in [5.74, 6) is -0.941. The molecule has 0 aliphatic carbocycles. The van der Waals surface area contributed by atoms with E-state index in [0.717, 1.165) is 16.7 Å². The number of thioether (sulfide) groups is 1. The summed E-state index contributed by atoms with van der Waals surface area (Å²) in [6, 6.07) is 7.34. The molecule has 3 amide bonds. The number of imide groups is 1. The first kappa shape index (κ1) is 16.2. The van der Waals surface area contributed by atoms with Crippen LogP contribution in [0.25, 0.3) is 5.69 Å². The molecule has 1 aromatic heterocycles. The second kappa shape index (κ2) is 6.83. The van der Waals surface area contributed by atoms with Gasteiger partial charge in [0.15, 0.2) is 5.69 Å². The molecular formula is C15H13FN4O3S. The summed E-state index contributed by atoms with van der Waals surface area (Å²) in [6.45, 7) is 0.269. The van der Waals surface area contributed by atoms with Gasteiger partial charge in [-0.1, -0.05) is 17.8 Å². The van der Waals surface area contributed by atoms with E-state index in [-0.39, 0.29) is 35.7 Å². The van der Waals surface area contributed by atoms with Crippen molar-refractivity contribution in [2.75, 3.05) is 18.8 Å². The van der Waals surface area contributed by atoms with Gasteiger partial charge in [0.1, 0.15) is 5.82 Å². The maximum atomic E-state index is 13.2. The van der Waals surface area contributed by atoms with Crippen LogP contribution in [0.15, 0.2) is 36.5 Å². The molecule has 124 valence electrons. The molecule has 2 aromatic rings. The third-order valence-electron chi connectivity index (χ3n) is 3.36. The molecule has 0 radical (unpaired) electrons. The Kier molecular flexibility index (Phi) is 4.61. The number of carbonyl (C=O) groups excluding carboxylic acids is 3. The first-order valence-corrected chi connectivity index (χ1v) is 8.10. The average molecular weight is 348 g/mol. The Morgan fingerprint density at radius 2 is 2.17 bits per heavy atom. The molecule has 1 aliphatic heterocycles. The van der Waals surface area contributed by atoms with Gasteiger partial charge in [-0.25, -0.2) is 9.07 Å². The van der Waals surface area contributed by atoms with Crippen LogP contribution in [0.2, 0.25) is 0 Å². The molecule has 2 heterocycles. The lowest BCUT2D eigenvalue weighted by atomic mass is 10.3. The standard InChI is InChI=1S/C15H13FN4O3S/c16-10-2-1-3-11(8-10)20-6-4-12(18-20)14(22)17-5-7-19-13(21)9-24-15(19)23/h1-4,6,8H,5,7,9H2,(H,17,22). The van der Waals surface area contributed by atoms with E-state index in [4.69, 9.17) is 0 Å². The molecular weight excluding hydrogens is 335 g/mol. The second-order valence-electron chi connectivity index (χ2n) is 4.98. The lowest BCUT2D eigenvalue weighted by Gasteiger charge is -2.12. The van der Waals surface area contributed by atoms with Crippen LogP contribution in [-0.2, 0) is 4.79 Å². The third kappa shape index (κ3) is 3.46. The van der Waals surface area contributed by atoms with E-state index < -0.39 is 11.7 Å². The van der Waals surface area contributed by atoms with E-state index in [0.29, 0.717) is 5.69 Å². The number of aromatic nitrogens is 2. The van der Waals surface area contributed by atoms with E-state index in [9.17, 15) is 18.8 Å². The van der Waals surface area contributed by atoms with Crippen molar-refractivity contribution < 1.29 is 18.8 Å². The smallest absolute Gasteiger partial charge is 0.288 e. The third-order valence-corrected chi connectivity index (χ3v) is 4.21. The summed E-state index contributed by atoms with van der Waals surface area (Å²) in [7, 11) is 0. The molecule has 9 heteroatoms. The highest BCUT2D eigenvalue weighted by Crippen LogP contribution is 2.17. The first-order chi connectivity index (χ1) is 11.5. The molecule has 0 atom stereocenters. The molecule has 0 saturated carbocycles. The Morgan fingerprint density at radius 3 is 2.88 bits per heavy atom. The summed E-state index contributed by atoms with van der Waals surface area (Å²) in [5.41, 5.74) is 0.659. The van der Waals surface area contributed by atoms with E-state index in [2.05, 4.69) is 10.4 Å². The Bertz CT molecular complexity index is 792. The van der Waals surface area contributed by atoms with Crippen LogP contribution in [0.4, 0.5) is 9.18 Å². The predicted octanol–water partition coefficient (Wildman–Crippen LogP) is 1.44. The van der Waals surface area contributed by atoms with Gasteiger partial charge in [-0.3, -0.25) is 19.3 Å². The van der Waals surface area contributed by atoms with Crippen molar-refractivity contribution in [3.63, 3.8) is 0 Å². The molecule has 0 spiro atoms. The van der Waals surface area contributed by atoms with Crippen LogP contribution in [0.1, 0.15) is 10.5 Å². The highest BCUT2D eigenvalue weighted by molar-refractivity contribution is 8.14. The van der Waals surface area contributed by atoms with Gasteiger partial charge in [-0.05, 0) is 24.3 Å². The summed E-state index contributed by atoms with van der Waals surface area (Å²) >= 11 is 0.949. The molecule has 7 nitrogen and oxygen atoms in total. The van der Waals surface area contributed by atoms with Crippen molar-refractivity contribution in [2.45, 2.75) is 0 Å². The molecule has 1 fully saturated rings. The molecule has 1 N–H and O–H groups in total. The largest absolute Gasteiger partial charge is 0.349 e. The number of benzene rings is 1. The topological polar surface area (TPSA) is 84.3 Å². The molecule has 24 heavy (non-hydrogen) atoms. The summed E-state index contributed by atoms with van der Waals surface area (Å²) < 4.78 is 14.6. The maximum absolute atomic E-state index is 13.2. The Balaban J connectivity index is 1.58. The van der Waals surface area contributed by atoms with E-state index >= 15 is 0 Å². The quantitative estimate of drug-likeness (QED) is 0.884. The van der Waals surface area contributed by atoms with E-state index in [1.54, 1.807) is 18.3 Å². The fourth-order valence-corrected chi connectivity index (χ4v) is 2.93. The van der Waals surface area contributed by atoms with Gasteiger partial charge >= 0.3 is 0 Å². The number of nitrogens with zero attached hydrogens (tertiary/aromatic N) is 3. The lowest BCUT2D eigenvalue weighted by Crippen LogP contribution is -2.37. The minimum Gasteiger partial charge on any atom is -0.349 e. The lowest BCUT2D eigenvalue weighted by molar-refractivity contribution is -0.124. The normalized spacial score (nSPS) is 14.3. The monoisotopic (exact) mass is 348 g/mol. The maximum Gasteiger partial charge on any atom is 0.288 e. The molecule has 0 unspecified atom stereocenters. The van der Waals surface area contributed by atoms with Crippen molar-refractivity contribution >= 4 is 28.8 Å². The highest BCUT2D eigenvalue weighted by atomic mass is 32.2. The van der Waals surface area contributed by atoms with Gasteiger partial charge in [-0.2, -0.15) is 5.10 Å². The van der Waals surface area contributed by atoms with Crippen LogP contribution < -0.4 is 5.32 Å². The molecule has 1 saturated heterocycles. The van der Waals surface area contributed by atoms with Gasteiger partial charge < -0.3 is 5.32 Å². The fourth-order valence-electron chi connectivity index (χ4n) is 2.18. The van der Waals surface area contributed by atoms with Gasteiger partial charge in [0.05, 0.1) is 11.4 Å². The van der Waals surface area contributed by atoms with Crippen molar-refractivity contribution in [1.29, 1.82) is 0 Å². The van der Waals surface area contributed by atoms with Gasteiger partial charge in [-0.15, -0.1) is 0 Å². The number of carbonyl (C=O) groups is 3. The summed E-state index contributed by atoms with van der Waals surface area (Å²) in [5, 5.41) is 6.39. The number of rotatable bonds is 5. The average Bonchev–Trinajstić information content (AvgIpc) is 3.17. The van der Waals surface area contributed by atoms with Crippen molar-refractivity contribution in [3.05, 3.63) is 48.0 Å². The number of amides is 3. The zero-order valence-electron chi connectivity index (χ0n) is 12.4. The number of hydrogen-bond acceptors (Lipinski definition) is 5. The second-order valence-corrected chi connectivity index (χ2v) is 5.91.